The number of aryl methyl sites for hydroxylation is 1. The summed E-state index contributed by atoms with van der Waals surface area (Å²) in [7, 11) is 0. The van der Waals surface area contributed by atoms with Crippen molar-refractivity contribution in [1.82, 2.24) is 10.2 Å². The minimum Gasteiger partial charge on any atom is -0.481 e. The van der Waals surface area contributed by atoms with Gasteiger partial charge in [-0.05, 0) is 56.5 Å². The third-order valence-electron chi connectivity index (χ3n) is 4.74. The van der Waals surface area contributed by atoms with E-state index >= 15 is 0 Å². The maximum absolute atomic E-state index is 12.3. The predicted octanol–water partition coefficient (Wildman–Crippen LogP) is 3.71. The maximum Gasteiger partial charge on any atom is 0.321 e. The Morgan fingerprint density at radius 3 is 2.54 bits per heavy atom. The van der Waals surface area contributed by atoms with Crippen LogP contribution in [0.15, 0.2) is 48.5 Å². The van der Waals surface area contributed by atoms with Gasteiger partial charge in [-0.25, -0.2) is 4.79 Å². The summed E-state index contributed by atoms with van der Waals surface area (Å²) in [4.78, 5) is 26.3. The third-order valence-corrected chi connectivity index (χ3v) is 4.74. The van der Waals surface area contributed by atoms with Crippen LogP contribution in [-0.4, -0.2) is 36.0 Å². The van der Waals surface area contributed by atoms with Gasteiger partial charge >= 0.3 is 6.03 Å². The average molecular weight is 381 g/mol. The van der Waals surface area contributed by atoms with Crippen LogP contribution in [0.3, 0.4) is 0 Å². The van der Waals surface area contributed by atoms with Crippen LogP contribution in [-0.2, 0) is 11.3 Å². The molecule has 2 aromatic carbocycles. The van der Waals surface area contributed by atoms with Crippen LogP contribution in [0.25, 0.3) is 0 Å². The first-order chi connectivity index (χ1) is 13.5. The van der Waals surface area contributed by atoms with E-state index in [0.717, 1.165) is 42.7 Å². The number of nitrogens with zero attached hydrogens (tertiary/aromatic N) is 1. The molecule has 1 aliphatic rings. The smallest absolute Gasteiger partial charge is 0.321 e. The zero-order chi connectivity index (χ0) is 19.9. The van der Waals surface area contributed by atoms with Gasteiger partial charge in [0.15, 0.2) is 6.10 Å². The predicted molar refractivity (Wildman–Crippen MR) is 109 cm³/mol. The molecule has 6 nitrogen and oxygen atoms in total. The Kier molecular flexibility index (Phi) is 6.53. The average Bonchev–Trinajstić information content (AvgIpc) is 3.23. The van der Waals surface area contributed by atoms with Crippen molar-refractivity contribution in [3.05, 3.63) is 59.7 Å². The number of hydrogen-bond donors (Lipinski definition) is 2. The molecule has 148 valence electrons. The molecule has 28 heavy (non-hydrogen) atoms. The van der Waals surface area contributed by atoms with Crippen LogP contribution in [0.5, 0.6) is 5.75 Å². The first kappa shape index (κ1) is 19.7. The fourth-order valence-corrected chi connectivity index (χ4v) is 3.09. The molecule has 2 N–H and O–H groups in total. The van der Waals surface area contributed by atoms with Gasteiger partial charge in [-0.3, -0.25) is 4.79 Å². The highest BCUT2D eigenvalue weighted by molar-refractivity contribution is 5.89. The summed E-state index contributed by atoms with van der Waals surface area (Å²) in [5.41, 5.74) is 2.78. The number of rotatable bonds is 6. The largest absolute Gasteiger partial charge is 0.481 e. The summed E-state index contributed by atoms with van der Waals surface area (Å²) < 4.78 is 5.68. The van der Waals surface area contributed by atoms with Gasteiger partial charge in [0.2, 0.25) is 0 Å². The molecule has 3 rings (SSSR count). The van der Waals surface area contributed by atoms with E-state index in [9.17, 15) is 9.59 Å². The SMILES string of the molecule is Cc1ccc(OC(C)C(=O)NCc2cccc(NC(=O)N3CCCC3)c2)cc1. The molecule has 1 saturated heterocycles. The molecule has 0 radical (unpaired) electrons. The summed E-state index contributed by atoms with van der Waals surface area (Å²) in [5, 5.41) is 5.80. The van der Waals surface area contributed by atoms with Crippen molar-refractivity contribution in [1.29, 1.82) is 0 Å². The van der Waals surface area contributed by atoms with E-state index in [1.54, 1.807) is 6.92 Å². The van der Waals surface area contributed by atoms with E-state index in [0.29, 0.717) is 12.3 Å². The second-order valence-corrected chi connectivity index (χ2v) is 7.12. The molecule has 1 unspecified atom stereocenters. The molecule has 6 heteroatoms. The molecule has 1 atom stereocenters. The molecule has 0 aromatic heterocycles. The number of anilines is 1. The molecular formula is C22H27N3O3. The monoisotopic (exact) mass is 381 g/mol. The molecule has 0 bridgehead atoms. The van der Waals surface area contributed by atoms with E-state index in [4.69, 9.17) is 4.74 Å². The summed E-state index contributed by atoms with van der Waals surface area (Å²) in [5.74, 6) is 0.479. The van der Waals surface area contributed by atoms with Crippen molar-refractivity contribution in [3.63, 3.8) is 0 Å². The number of hydrogen-bond acceptors (Lipinski definition) is 3. The summed E-state index contributed by atoms with van der Waals surface area (Å²) >= 11 is 0. The molecule has 0 aliphatic carbocycles. The van der Waals surface area contributed by atoms with Crippen molar-refractivity contribution in [2.24, 2.45) is 0 Å². The number of nitrogens with one attached hydrogen (secondary N) is 2. The van der Waals surface area contributed by atoms with Crippen LogP contribution < -0.4 is 15.4 Å². The summed E-state index contributed by atoms with van der Waals surface area (Å²) in [6.07, 6.45) is 1.52. The zero-order valence-electron chi connectivity index (χ0n) is 16.4. The molecular weight excluding hydrogens is 354 g/mol. The molecule has 0 saturated carbocycles. The normalized spacial score (nSPS) is 14.4. The molecule has 1 fully saturated rings. The van der Waals surface area contributed by atoms with Gasteiger partial charge < -0.3 is 20.3 Å². The first-order valence-corrected chi connectivity index (χ1v) is 9.67. The highest BCUT2D eigenvalue weighted by Crippen LogP contribution is 2.15. The molecule has 3 amide bonds. The van der Waals surface area contributed by atoms with Crippen molar-refractivity contribution < 1.29 is 14.3 Å². The Balaban J connectivity index is 1.50. The van der Waals surface area contributed by atoms with Crippen molar-refractivity contribution >= 4 is 17.6 Å². The maximum atomic E-state index is 12.3. The molecule has 2 aromatic rings. The van der Waals surface area contributed by atoms with Crippen LogP contribution >= 0.6 is 0 Å². The number of ether oxygens (including phenoxy) is 1. The minimum atomic E-state index is -0.597. The van der Waals surface area contributed by atoms with E-state index in [1.165, 1.54) is 0 Å². The number of carbonyl (C=O) groups is 2. The zero-order valence-corrected chi connectivity index (χ0v) is 16.4. The van der Waals surface area contributed by atoms with Gasteiger partial charge in [-0.15, -0.1) is 0 Å². The first-order valence-electron chi connectivity index (χ1n) is 9.67. The Bertz CT molecular complexity index is 814. The van der Waals surface area contributed by atoms with Crippen molar-refractivity contribution in [2.45, 2.75) is 39.3 Å². The van der Waals surface area contributed by atoms with E-state index in [2.05, 4.69) is 10.6 Å². The van der Waals surface area contributed by atoms with Crippen LogP contribution in [0.4, 0.5) is 10.5 Å². The summed E-state index contributed by atoms with van der Waals surface area (Å²) in [6.45, 7) is 5.71. The second-order valence-electron chi connectivity index (χ2n) is 7.12. The van der Waals surface area contributed by atoms with Crippen LogP contribution in [0.1, 0.15) is 30.9 Å². The van der Waals surface area contributed by atoms with Crippen LogP contribution in [0.2, 0.25) is 0 Å². The van der Waals surface area contributed by atoms with Gasteiger partial charge in [0, 0.05) is 25.3 Å². The lowest BCUT2D eigenvalue weighted by atomic mass is 10.2. The lowest BCUT2D eigenvalue weighted by Gasteiger charge is -2.17. The number of urea groups is 1. The van der Waals surface area contributed by atoms with E-state index in [-0.39, 0.29) is 11.9 Å². The molecule has 1 heterocycles. The highest BCUT2D eigenvalue weighted by Gasteiger charge is 2.18. The van der Waals surface area contributed by atoms with Gasteiger partial charge in [-0.2, -0.15) is 0 Å². The number of carbonyl (C=O) groups excluding carboxylic acids is 2. The third kappa shape index (κ3) is 5.49. The van der Waals surface area contributed by atoms with Gasteiger partial charge in [0.05, 0.1) is 0 Å². The quantitative estimate of drug-likeness (QED) is 0.801. The van der Waals surface area contributed by atoms with Gasteiger partial charge in [0.25, 0.3) is 5.91 Å². The lowest BCUT2D eigenvalue weighted by Crippen LogP contribution is -2.36. The van der Waals surface area contributed by atoms with Gasteiger partial charge in [0.1, 0.15) is 5.75 Å². The lowest BCUT2D eigenvalue weighted by molar-refractivity contribution is -0.127. The fourth-order valence-electron chi connectivity index (χ4n) is 3.09. The Morgan fingerprint density at radius 2 is 1.82 bits per heavy atom. The Labute approximate surface area is 165 Å². The Morgan fingerprint density at radius 1 is 1.11 bits per heavy atom. The van der Waals surface area contributed by atoms with Gasteiger partial charge in [-0.1, -0.05) is 29.8 Å². The number of amides is 3. The topological polar surface area (TPSA) is 70.7 Å². The fraction of sp³-hybridized carbons (Fsp3) is 0.364. The van der Waals surface area contributed by atoms with Crippen molar-refractivity contribution in [3.8, 4) is 5.75 Å². The number of likely N-dealkylation sites (tertiary alicyclic amines) is 1. The standard InChI is InChI=1S/C22H27N3O3/c1-16-8-10-20(11-9-16)28-17(2)21(26)23-15-18-6-5-7-19(14-18)24-22(27)25-12-3-4-13-25/h5-11,14,17H,3-4,12-13,15H2,1-2H3,(H,23,26)(H,24,27). The second kappa shape index (κ2) is 9.26. The summed E-state index contributed by atoms with van der Waals surface area (Å²) in [6, 6.07) is 15.0. The molecule has 1 aliphatic heterocycles. The minimum absolute atomic E-state index is 0.0706. The number of benzene rings is 2. The van der Waals surface area contributed by atoms with Crippen molar-refractivity contribution in [2.75, 3.05) is 18.4 Å². The van der Waals surface area contributed by atoms with Crippen LogP contribution in [0, 0.1) is 6.92 Å². The highest BCUT2D eigenvalue weighted by atomic mass is 16.5. The van der Waals surface area contributed by atoms with E-state index < -0.39 is 6.10 Å². The van der Waals surface area contributed by atoms with E-state index in [1.807, 2.05) is 60.4 Å². The Hall–Kier alpha value is -3.02. The molecule has 0 spiro atoms.